The molecule has 1 heterocycles. The van der Waals surface area contributed by atoms with Gasteiger partial charge in [-0.1, -0.05) is 13.8 Å². The van der Waals surface area contributed by atoms with Gasteiger partial charge in [-0.15, -0.1) is 11.3 Å². The standard InChI is InChI=1S/C11H20N2OS/c1-5-9(6-2)13(4)11-12-10(7-15-11)8(3)14/h7-9,14H,5-6H2,1-4H3. The smallest absolute Gasteiger partial charge is 0.185 e. The van der Waals surface area contributed by atoms with Gasteiger partial charge in [0.05, 0.1) is 11.8 Å². The van der Waals surface area contributed by atoms with E-state index in [1.807, 2.05) is 5.38 Å². The Balaban J connectivity index is 2.77. The Morgan fingerprint density at radius 2 is 2.07 bits per heavy atom. The zero-order valence-corrected chi connectivity index (χ0v) is 10.7. The highest BCUT2D eigenvalue weighted by atomic mass is 32.1. The highest BCUT2D eigenvalue weighted by Crippen LogP contribution is 2.25. The fraction of sp³-hybridized carbons (Fsp3) is 0.727. The largest absolute Gasteiger partial charge is 0.387 e. The number of anilines is 1. The fourth-order valence-electron chi connectivity index (χ4n) is 1.62. The number of aliphatic hydroxyl groups excluding tert-OH is 1. The van der Waals surface area contributed by atoms with Crippen LogP contribution in [0, 0.1) is 0 Å². The van der Waals surface area contributed by atoms with E-state index in [-0.39, 0.29) is 0 Å². The van der Waals surface area contributed by atoms with Crippen LogP contribution in [0.1, 0.15) is 45.4 Å². The Hall–Kier alpha value is -0.610. The van der Waals surface area contributed by atoms with Gasteiger partial charge in [-0.2, -0.15) is 0 Å². The number of hydrogen-bond donors (Lipinski definition) is 1. The maximum absolute atomic E-state index is 9.40. The van der Waals surface area contributed by atoms with Crippen molar-refractivity contribution < 1.29 is 5.11 Å². The molecule has 1 atom stereocenters. The number of thiazole rings is 1. The highest BCUT2D eigenvalue weighted by Gasteiger charge is 2.15. The van der Waals surface area contributed by atoms with Crippen LogP contribution in [0.5, 0.6) is 0 Å². The molecule has 1 rings (SSSR count). The van der Waals surface area contributed by atoms with Crippen LogP contribution in [0.15, 0.2) is 5.38 Å². The lowest BCUT2D eigenvalue weighted by molar-refractivity contribution is 0.195. The van der Waals surface area contributed by atoms with Crippen molar-refractivity contribution >= 4 is 16.5 Å². The molecule has 15 heavy (non-hydrogen) atoms. The molecule has 1 N–H and O–H groups in total. The Morgan fingerprint density at radius 3 is 2.47 bits per heavy atom. The molecule has 0 spiro atoms. The molecular formula is C11H20N2OS. The number of hydrogen-bond acceptors (Lipinski definition) is 4. The van der Waals surface area contributed by atoms with Crippen molar-refractivity contribution in [1.82, 2.24) is 4.98 Å². The molecule has 3 nitrogen and oxygen atoms in total. The number of aromatic nitrogens is 1. The Labute approximate surface area is 95.8 Å². The van der Waals surface area contributed by atoms with E-state index in [2.05, 4.69) is 30.8 Å². The third kappa shape index (κ3) is 2.92. The Kier molecular flexibility index (Phi) is 4.54. The average Bonchev–Trinajstić information content (AvgIpc) is 2.68. The SMILES string of the molecule is CCC(CC)N(C)c1nc(C(C)O)cs1. The second-order valence-electron chi connectivity index (χ2n) is 3.81. The van der Waals surface area contributed by atoms with Gasteiger partial charge in [0, 0.05) is 18.5 Å². The first kappa shape index (κ1) is 12.5. The molecule has 0 fully saturated rings. The zero-order chi connectivity index (χ0) is 11.4. The lowest BCUT2D eigenvalue weighted by Gasteiger charge is -2.25. The van der Waals surface area contributed by atoms with E-state index in [1.54, 1.807) is 18.3 Å². The summed E-state index contributed by atoms with van der Waals surface area (Å²) in [5.41, 5.74) is 0.771. The minimum atomic E-state index is -0.467. The number of aliphatic hydroxyl groups is 1. The Morgan fingerprint density at radius 1 is 1.47 bits per heavy atom. The van der Waals surface area contributed by atoms with Gasteiger partial charge in [-0.05, 0) is 19.8 Å². The third-order valence-electron chi connectivity index (χ3n) is 2.73. The van der Waals surface area contributed by atoms with Gasteiger partial charge in [-0.3, -0.25) is 0 Å². The van der Waals surface area contributed by atoms with Gasteiger partial charge in [-0.25, -0.2) is 4.98 Å². The predicted molar refractivity (Wildman–Crippen MR) is 65.5 cm³/mol. The van der Waals surface area contributed by atoms with Crippen LogP contribution >= 0.6 is 11.3 Å². The van der Waals surface area contributed by atoms with E-state index >= 15 is 0 Å². The molecule has 0 aliphatic heterocycles. The van der Waals surface area contributed by atoms with E-state index in [0.29, 0.717) is 6.04 Å². The van der Waals surface area contributed by atoms with Gasteiger partial charge >= 0.3 is 0 Å². The summed E-state index contributed by atoms with van der Waals surface area (Å²) >= 11 is 1.60. The van der Waals surface area contributed by atoms with Crippen LogP contribution < -0.4 is 4.90 Å². The van der Waals surface area contributed by atoms with Gasteiger partial charge in [0.25, 0.3) is 0 Å². The maximum atomic E-state index is 9.40. The molecule has 0 aromatic carbocycles. The highest BCUT2D eigenvalue weighted by molar-refractivity contribution is 7.13. The molecule has 0 amide bonds. The van der Waals surface area contributed by atoms with Crippen molar-refractivity contribution in [2.75, 3.05) is 11.9 Å². The minimum Gasteiger partial charge on any atom is -0.387 e. The normalized spacial score (nSPS) is 13.2. The second-order valence-corrected chi connectivity index (χ2v) is 4.65. The summed E-state index contributed by atoms with van der Waals surface area (Å²) in [5, 5.41) is 12.3. The van der Waals surface area contributed by atoms with E-state index in [4.69, 9.17) is 0 Å². The summed E-state index contributed by atoms with van der Waals surface area (Å²) in [5.74, 6) is 0. The molecule has 0 saturated heterocycles. The van der Waals surface area contributed by atoms with Crippen molar-refractivity contribution in [1.29, 1.82) is 0 Å². The van der Waals surface area contributed by atoms with Crippen LogP contribution in [-0.4, -0.2) is 23.2 Å². The molecule has 0 bridgehead atoms. The quantitative estimate of drug-likeness (QED) is 0.842. The summed E-state index contributed by atoms with van der Waals surface area (Å²) in [7, 11) is 2.07. The lowest BCUT2D eigenvalue weighted by Crippen LogP contribution is -2.30. The first-order chi connectivity index (χ1) is 7.10. The summed E-state index contributed by atoms with van der Waals surface area (Å²) in [4.78, 5) is 6.63. The van der Waals surface area contributed by atoms with E-state index in [0.717, 1.165) is 23.7 Å². The maximum Gasteiger partial charge on any atom is 0.185 e. The first-order valence-corrected chi connectivity index (χ1v) is 6.34. The summed E-state index contributed by atoms with van der Waals surface area (Å²) in [6, 6.07) is 0.540. The summed E-state index contributed by atoms with van der Waals surface area (Å²) < 4.78 is 0. The van der Waals surface area contributed by atoms with Crippen LogP contribution in [0.3, 0.4) is 0 Å². The van der Waals surface area contributed by atoms with Crippen molar-refractivity contribution in [3.8, 4) is 0 Å². The third-order valence-corrected chi connectivity index (χ3v) is 3.68. The summed E-state index contributed by atoms with van der Waals surface area (Å²) in [6.07, 6.45) is 1.78. The topological polar surface area (TPSA) is 36.4 Å². The van der Waals surface area contributed by atoms with Crippen LogP contribution in [0.2, 0.25) is 0 Å². The van der Waals surface area contributed by atoms with Crippen molar-refractivity contribution in [2.24, 2.45) is 0 Å². The van der Waals surface area contributed by atoms with E-state index in [9.17, 15) is 5.11 Å². The number of nitrogens with zero attached hydrogens (tertiary/aromatic N) is 2. The minimum absolute atomic E-state index is 0.467. The molecule has 1 aromatic rings. The Bertz CT molecular complexity index is 295. The van der Waals surface area contributed by atoms with E-state index < -0.39 is 6.10 Å². The van der Waals surface area contributed by atoms with Gasteiger partial charge < -0.3 is 10.0 Å². The van der Waals surface area contributed by atoms with Crippen molar-refractivity contribution in [3.63, 3.8) is 0 Å². The van der Waals surface area contributed by atoms with Crippen LogP contribution in [0.4, 0.5) is 5.13 Å². The number of rotatable bonds is 5. The molecule has 0 aliphatic rings. The molecular weight excluding hydrogens is 208 g/mol. The molecule has 0 aliphatic carbocycles. The zero-order valence-electron chi connectivity index (χ0n) is 9.90. The molecule has 1 unspecified atom stereocenters. The first-order valence-electron chi connectivity index (χ1n) is 5.46. The van der Waals surface area contributed by atoms with Crippen molar-refractivity contribution in [2.45, 2.75) is 45.8 Å². The van der Waals surface area contributed by atoms with Crippen LogP contribution in [0.25, 0.3) is 0 Å². The second kappa shape index (κ2) is 5.47. The van der Waals surface area contributed by atoms with E-state index in [1.165, 1.54) is 0 Å². The van der Waals surface area contributed by atoms with Crippen molar-refractivity contribution in [3.05, 3.63) is 11.1 Å². The predicted octanol–water partition coefficient (Wildman–Crippen LogP) is 2.82. The lowest BCUT2D eigenvalue weighted by atomic mass is 10.1. The molecule has 1 aromatic heterocycles. The van der Waals surface area contributed by atoms with Crippen LogP contribution in [-0.2, 0) is 0 Å². The molecule has 4 heteroatoms. The monoisotopic (exact) mass is 228 g/mol. The van der Waals surface area contributed by atoms with Gasteiger partial charge in [0.15, 0.2) is 5.13 Å². The van der Waals surface area contributed by atoms with Gasteiger partial charge in [0.2, 0.25) is 0 Å². The molecule has 0 saturated carbocycles. The average molecular weight is 228 g/mol. The summed E-state index contributed by atoms with van der Waals surface area (Å²) in [6.45, 7) is 6.12. The fourth-order valence-corrected chi connectivity index (χ4v) is 2.57. The molecule has 86 valence electrons. The van der Waals surface area contributed by atoms with Gasteiger partial charge in [0.1, 0.15) is 0 Å². The molecule has 0 radical (unpaired) electrons.